The third-order valence-electron chi connectivity index (χ3n) is 2.71. The van der Waals surface area contributed by atoms with Crippen molar-refractivity contribution < 1.29 is 19.1 Å². The Kier molecular flexibility index (Phi) is 7.39. The molecule has 0 heterocycles. The lowest BCUT2D eigenvalue weighted by Crippen LogP contribution is -2.43. The highest BCUT2D eigenvalue weighted by Crippen LogP contribution is 2.09. The number of carbonyl (C=O) groups excluding carboxylic acids is 3. The van der Waals surface area contributed by atoms with Crippen molar-refractivity contribution in [3.8, 4) is 0 Å². The summed E-state index contributed by atoms with van der Waals surface area (Å²) in [5, 5.41) is 0.508. The van der Waals surface area contributed by atoms with E-state index >= 15 is 0 Å². The second-order valence-corrected chi connectivity index (χ2v) is 5.54. The highest BCUT2D eigenvalue weighted by molar-refractivity contribution is 6.30. The molecule has 0 atom stereocenters. The predicted molar refractivity (Wildman–Crippen MR) is 82.1 cm³/mol. The van der Waals surface area contributed by atoms with Gasteiger partial charge in [-0.1, -0.05) is 25.4 Å². The molecule has 1 aromatic carbocycles. The number of ether oxygens (including phenoxy) is 1. The van der Waals surface area contributed by atoms with Crippen LogP contribution in [0.1, 0.15) is 37.0 Å². The zero-order chi connectivity index (χ0) is 16.5. The molecule has 7 heteroatoms. The van der Waals surface area contributed by atoms with Crippen molar-refractivity contribution in [2.24, 2.45) is 5.92 Å². The normalized spacial score (nSPS) is 10.2. The first-order chi connectivity index (χ1) is 10.4. The third-order valence-corrected chi connectivity index (χ3v) is 2.96. The highest BCUT2D eigenvalue weighted by Gasteiger charge is 2.10. The van der Waals surface area contributed by atoms with E-state index in [0.717, 1.165) is 0 Å². The smallest absolute Gasteiger partial charge is 0.306 e. The molecule has 0 aliphatic carbocycles. The average Bonchev–Trinajstić information content (AvgIpc) is 2.49. The molecule has 1 rings (SSSR count). The van der Waals surface area contributed by atoms with Gasteiger partial charge in [0.1, 0.15) is 0 Å². The fourth-order valence-corrected chi connectivity index (χ4v) is 1.59. The van der Waals surface area contributed by atoms with Crippen molar-refractivity contribution in [3.05, 3.63) is 34.9 Å². The molecule has 0 saturated heterocycles. The Hall–Kier alpha value is -2.08. The van der Waals surface area contributed by atoms with Gasteiger partial charge < -0.3 is 4.74 Å². The van der Waals surface area contributed by atoms with Crippen molar-refractivity contribution in [2.75, 3.05) is 6.61 Å². The summed E-state index contributed by atoms with van der Waals surface area (Å²) >= 11 is 5.71. The van der Waals surface area contributed by atoms with Crippen LogP contribution in [0.5, 0.6) is 0 Å². The monoisotopic (exact) mass is 326 g/mol. The molecule has 0 fully saturated rings. The van der Waals surface area contributed by atoms with Crippen LogP contribution in [0.4, 0.5) is 0 Å². The van der Waals surface area contributed by atoms with Crippen LogP contribution in [0.15, 0.2) is 24.3 Å². The summed E-state index contributed by atoms with van der Waals surface area (Å²) < 4.78 is 4.79. The van der Waals surface area contributed by atoms with Gasteiger partial charge in [0.2, 0.25) is 0 Å². The number of amides is 2. The van der Waals surface area contributed by atoms with E-state index in [1.165, 1.54) is 12.1 Å². The van der Waals surface area contributed by atoms with E-state index in [2.05, 4.69) is 10.9 Å². The molecule has 0 bridgehead atoms. The van der Waals surface area contributed by atoms with Gasteiger partial charge in [0.25, 0.3) is 11.8 Å². The third kappa shape index (κ3) is 7.08. The Balaban J connectivity index is 2.26. The van der Waals surface area contributed by atoms with Gasteiger partial charge in [-0.2, -0.15) is 0 Å². The first kappa shape index (κ1) is 18.0. The highest BCUT2D eigenvalue weighted by atomic mass is 35.5. The van der Waals surface area contributed by atoms with Crippen LogP contribution in [0.3, 0.4) is 0 Å². The molecule has 0 aliphatic heterocycles. The van der Waals surface area contributed by atoms with Crippen LogP contribution < -0.4 is 10.9 Å². The molecule has 0 radical (unpaired) electrons. The lowest BCUT2D eigenvalue weighted by Gasteiger charge is -2.08. The molecule has 0 spiro atoms. The first-order valence-electron chi connectivity index (χ1n) is 6.89. The molecule has 120 valence electrons. The van der Waals surface area contributed by atoms with E-state index in [0.29, 0.717) is 22.9 Å². The van der Waals surface area contributed by atoms with Crippen molar-refractivity contribution in [1.29, 1.82) is 0 Å². The molecule has 0 unspecified atom stereocenters. The van der Waals surface area contributed by atoms with E-state index in [-0.39, 0.29) is 6.42 Å². The van der Waals surface area contributed by atoms with Gasteiger partial charge in [0.05, 0.1) is 0 Å². The lowest BCUT2D eigenvalue weighted by molar-refractivity contribution is -0.148. The summed E-state index contributed by atoms with van der Waals surface area (Å²) in [6.45, 7) is 3.55. The number of nitrogens with one attached hydrogen (secondary N) is 2. The molecular weight excluding hydrogens is 308 g/mol. The van der Waals surface area contributed by atoms with Gasteiger partial charge in [-0.25, -0.2) is 0 Å². The van der Waals surface area contributed by atoms with E-state index in [1.807, 2.05) is 13.8 Å². The van der Waals surface area contributed by atoms with Gasteiger partial charge in [-0.3, -0.25) is 25.2 Å². The fourth-order valence-electron chi connectivity index (χ4n) is 1.46. The summed E-state index contributed by atoms with van der Waals surface area (Å²) in [5.74, 6) is -1.15. The molecule has 22 heavy (non-hydrogen) atoms. The molecule has 2 amide bonds. The first-order valence-corrected chi connectivity index (χ1v) is 7.26. The standard InChI is InChI=1S/C15H19ClN2O4/c1-10(2)3-8-14(20)22-9-13(19)17-18-15(21)11-4-6-12(16)7-5-11/h4-7,10H,3,8-9H2,1-2H3,(H,17,19)(H,18,21). The van der Waals surface area contributed by atoms with Crippen LogP contribution in [0.2, 0.25) is 5.02 Å². The minimum absolute atomic E-state index is 0.266. The number of hydrogen-bond donors (Lipinski definition) is 2. The second kappa shape index (κ2) is 9.04. The Bertz CT molecular complexity index is 529. The van der Waals surface area contributed by atoms with Crippen LogP contribution in [-0.4, -0.2) is 24.4 Å². The number of esters is 1. The van der Waals surface area contributed by atoms with Crippen molar-refractivity contribution in [3.63, 3.8) is 0 Å². The minimum Gasteiger partial charge on any atom is -0.455 e. The molecule has 6 nitrogen and oxygen atoms in total. The van der Waals surface area contributed by atoms with E-state index in [4.69, 9.17) is 16.3 Å². The molecule has 0 aromatic heterocycles. The zero-order valence-electron chi connectivity index (χ0n) is 12.5. The van der Waals surface area contributed by atoms with Gasteiger partial charge in [0.15, 0.2) is 6.61 Å². The molecule has 1 aromatic rings. The van der Waals surface area contributed by atoms with Crippen molar-refractivity contribution in [1.82, 2.24) is 10.9 Å². The summed E-state index contributed by atoms with van der Waals surface area (Å²) in [7, 11) is 0. The van der Waals surface area contributed by atoms with Gasteiger partial charge in [-0.15, -0.1) is 0 Å². The van der Waals surface area contributed by atoms with Crippen molar-refractivity contribution >= 4 is 29.4 Å². The minimum atomic E-state index is -0.611. The maximum Gasteiger partial charge on any atom is 0.306 e. The van der Waals surface area contributed by atoms with Crippen LogP contribution in [-0.2, 0) is 14.3 Å². The quantitative estimate of drug-likeness (QED) is 0.619. The zero-order valence-corrected chi connectivity index (χ0v) is 13.3. The largest absolute Gasteiger partial charge is 0.455 e. The molecule has 2 N–H and O–H groups in total. The van der Waals surface area contributed by atoms with Gasteiger partial charge in [-0.05, 0) is 36.6 Å². The summed E-state index contributed by atoms with van der Waals surface area (Å²) in [6, 6.07) is 6.18. The molecular formula is C15H19ClN2O4. The van der Waals surface area contributed by atoms with Crippen LogP contribution >= 0.6 is 11.6 Å². The van der Waals surface area contributed by atoms with E-state index in [9.17, 15) is 14.4 Å². The summed E-state index contributed by atoms with van der Waals surface area (Å²) in [5.41, 5.74) is 4.73. The molecule has 0 saturated carbocycles. The number of benzene rings is 1. The Morgan fingerprint density at radius 2 is 1.77 bits per heavy atom. The Morgan fingerprint density at radius 3 is 2.36 bits per heavy atom. The van der Waals surface area contributed by atoms with Crippen LogP contribution in [0, 0.1) is 5.92 Å². The summed E-state index contributed by atoms with van der Waals surface area (Å²) in [6.07, 6.45) is 0.968. The number of hydrogen-bond acceptors (Lipinski definition) is 4. The Labute approximate surface area is 134 Å². The van der Waals surface area contributed by atoms with Crippen LogP contribution in [0.25, 0.3) is 0 Å². The SMILES string of the molecule is CC(C)CCC(=O)OCC(=O)NNC(=O)c1ccc(Cl)cc1. The maximum atomic E-state index is 11.7. The fraction of sp³-hybridized carbons (Fsp3) is 0.400. The predicted octanol–water partition coefficient (Wildman–Crippen LogP) is 2.08. The molecule has 0 aliphatic rings. The van der Waals surface area contributed by atoms with Gasteiger partial charge >= 0.3 is 5.97 Å². The van der Waals surface area contributed by atoms with Gasteiger partial charge in [0, 0.05) is 17.0 Å². The Morgan fingerprint density at radius 1 is 1.14 bits per heavy atom. The van der Waals surface area contributed by atoms with E-state index < -0.39 is 24.4 Å². The number of halogens is 1. The number of carbonyl (C=O) groups is 3. The number of rotatable bonds is 6. The topological polar surface area (TPSA) is 84.5 Å². The summed E-state index contributed by atoms with van der Waals surface area (Å²) in [4.78, 5) is 34.5. The second-order valence-electron chi connectivity index (χ2n) is 5.10. The van der Waals surface area contributed by atoms with E-state index in [1.54, 1.807) is 12.1 Å². The lowest BCUT2D eigenvalue weighted by atomic mass is 10.1. The number of hydrazine groups is 1. The average molecular weight is 327 g/mol. The van der Waals surface area contributed by atoms with Crippen molar-refractivity contribution in [2.45, 2.75) is 26.7 Å². The maximum absolute atomic E-state index is 11.7.